The number of carbonyl (C=O) groups excluding carboxylic acids is 2. The number of benzene rings is 2. The lowest BCUT2D eigenvalue weighted by Crippen LogP contribution is -2.40. The number of anilines is 2. The fourth-order valence-corrected chi connectivity index (χ4v) is 5.53. The van der Waals surface area contributed by atoms with Crippen molar-refractivity contribution >= 4 is 54.2 Å². The van der Waals surface area contributed by atoms with E-state index in [9.17, 15) is 22.4 Å². The molecular weight excluding hydrogens is 459 g/mol. The number of thiazole rings is 1. The summed E-state index contributed by atoms with van der Waals surface area (Å²) in [5, 5.41) is 5.40. The number of amides is 2. The summed E-state index contributed by atoms with van der Waals surface area (Å²) in [6.07, 6.45) is 0. The van der Waals surface area contributed by atoms with E-state index in [1.165, 1.54) is 11.2 Å². The van der Waals surface area contributed by atoms with Gasteiger partial charge in [0.05, 0.1) is 33.9 Å². The van der Waals surface area contributed by atoms with Gasteiger partial charge in [-0.25, -0.2) is 17.8 Å². The minimum Gasteiger partial charge on any atom is -0.379 e. The van der Waals surface area contributed by atoms with Crippen molar-refractivity contribution in [2.75, 3.05) is 36.9 Å². The summed E-state index contributed by atoms with van der Waals surface area (Å²) in [6, 6.07) is 8.19. The van der Waals surface area contributed by atoms with Crippen molar-refractivity contribution in [3.8, 4) is 0 Å². The molecule has 4 rings (SSSR count). The zero-order valence-electron chi connectivity index (χ0n) is 16.9. The van der Waals surface area contributed by atoms with E-state index in [1.807, 2.05) is 0 Å². The highest BCUT2D eigenvalue weighted by molar-refractivity contribution is 7.89. The molecule has 2 heterocycles. The number of aromatic nitrogens is 1. The molecule has 32 heavy (non-hydrogen) atoms. The van der Waals surface area contributed by atoms with Crippen LogP contribution >= 0.6 is 11.3 Å². The van der Waals surface area contributed by atoms with Crippen LogP contribution < -0.4 is 10.6 Å². The molecule has 0 atom stereocenters. The van der Waals surface area contributed by atoms with Crippen LogP contribution in [0.4, 0.5) is 15.2 Å². The molecule has 2 N–H and O–H groups in total. The number of nitrogens with zero attached hydrogens (tertiary/aromatic N) is 2. The van der Waals surface area contributed by atoms with Crippen molar-refractivity contribution in [3.63, 3.8) is 0 Å². The highest BCUT2D eigenvalue weighted by Crippen LogP contribution is 2.29. The second kappa shape index (κ2) is 8.90. The number of rotatable bonds is 5. The maximum atomic E-state index is 14.4. The molecular formula is C20H19FN4O5S2. The molecule has 0 radical (unpaired) electrons. The highest BCUT2D eigenvalue weighted by Gasteiger charge is 2.28. The van der Waals surface area contributed by atoms with Gasteiger partial charge < -0.3 is 10.1 Å². The molecule has 1 saturated heterocycles. The lowest BCUT2D eigenvalue weighted by Gasteiger charge is -2.26. The summed E-state index contributed by atoms with van der Waals surface area (Å²) in [5.74, 6) is -1.88. The molecule has 12 heteroatoms. The van der Waals surface area contributed by atoms with E-state index in [4.69, 9.17) is 4.74 Å². The van der Waals surface area contributed by atoms with Gasteiger partial charge in [-0.1, -0.05) is 11.3 Å². The smallest absolute Gasteiger partial charge is 0.260 e. The number of hydrogen-bond donors (Lipinski definition) is 2. The Morgan fingerprint density at radius 2 is 1.88 bits per heavy atom. The minimum atomic E-state index is -3.88. The molecule has 3 aromatic rings. The maximum Gasteiger partial charge on any atom is 0.260 e. The number of sulfonamides is 1. The van der Waals surface area contributed by atoms with Crippen molar-refractivity contribution in [2.24, 2.45) is 0 Å². The quantitative estimate of drug-likeness (QED) is 0.582. The van der Waals surface area contributed by atoms with E-state index in [1.54, 1.807) is 18.2 Å². The third kappa shape index (κ3) is 4.63. The SMILES string of the molecule is CC(=O)Nc1ccc2nc(NC(=O)c3cc(S(=O)(=O)N4CCOCC4)ccc3F)sc2c1. The molecule has 9 nitrogen and oxygen atoms in total. The average molecular weight is 479 g/mol. The van der Waals surface area contributed by atoms with E-state index in [-0.39, 0.29) is 42.2 Å². The Hall–Kier alpha value is -2.93. The van der Waals surface area contributed by atoms with Crippen LogP contribution in [0.3, 0.4) is 0 Å². The Balaban J connectivity index is 1.58. The summed E-state index contributed by atoms with van der Waals surface area (Å²) < 4.78 is 47.2. The van der Waals surface area contributed by atoms with Gasteiger partial charge in [-0.15, -0.1) is 0 Å². The summed E-state index contributed by atoms with van der Waals surface area (Å²) in [4.78, 5) is 28.0. The zero-order valence-corrected chi connectivity index (χ0v) is 18.6. The van der Waals surface area contributed by atoms with Gasteiger partial charge in [0.15, 0.2) is 5.13 Å². The molecule has 2 aromatic carbocycles. The van der Waals surface area contributed by atoms with Gasteiger partial charge >= 0.3 is 0 Å². The number of halogens is 1. The largest absolute Gasteiger partial charge is 0.379 e. The van der Waals surface area contributed by atoms with Crippen molar-refractivity contribution in [3.05, 3.63) is 47.8 Å². The van der Waals surface area contributed by atoms with E-state index < -0.39 is 27.3 Å². The number of carbonyl (C=O) groups is 2. The van der Waals surface area contributed by atoms with Crippen LogP contribution in [0, 0.1) is 5.82 Å². The maximum absolute atomic E-state index is 14.4. The first-order valence-electron chi connectivity index (χ1n) is 9.61. The van der Waals surface area contributed by atoms with Crippen LogP contribution in [0.25, 0.3) is 10.2 Å². The van der Waals surface area contributed by atoms with Crippen molar-refractivity contribution in [2.45, 2.75) is 11.8 Å². The van der Waals surface area contributed by atoms with Crippen LogP contribution in [0.2, 0.25) is 0 Å². The fourth-order valence-electron chi connectivity index (χ4n) is 3.20. The zero-order chi connectivity index (χ0) is 22.9. The molecule has 2 amide bonds. The van der Waals surface area contributed by atoms with Gasteiger partial charge in [0.1, 0.15) is 5.82 Å². The standard InChI is InChI=1S/C20H19FN4O5S2/c1-12(26)22-13-2-5-17-18(10-13)31-20(23-17)24-19(27)15-11-14(3-4-16(15)21)32(28,29)25-6-8-30-9-7-25/h2-5,10-11H,6-9H2,1H3,(H,22,26)(H,23,24,27). The molecule has 1 aliphatic heterocycles. The number of morpholine rings is 1. The molecule has 0 aliphatic carbocycles. The Bertz CT molecular complexity index is 1300. The normalized spacial score (nSPS) is 14.9. The number of hydrogen-bond acceptors (Lipinski definition) is 7. The molecule has 0 unspecified atom stereocenters. The topological polar surface area (TPSA) is 118 Å². The first-order chi connectivity index (χ1) is 15.2. The second-order valence-electron chi connectivity index (χ2n) is 6.99. The molecule has 1 aliphatic rings. The van der Waals surface area contributed by atoms with Gasteiger partial charge in [-0.3, -0.25) is 14.9 Å². The van der Waals surface area contributed by atoms with Crippen LogP contribution in [-0.4, -0.2) is 55.8 Å². The third-order valence-electron chi connectivity index (χ3n) is 4.72. The number of nitrogens with one attached hydrogen (secondary N) is 2. The highest BCUT2D eigenvalue weighted by atomic mass is 32.2. The van der Waals surface area contributed by atoms with Gasteiger partial charge in [0, 0.05) is 25.7 Å². The lowest BCUT2D eigenvalue weighted by atomic mass is 10.2. The summed E-state index contributed by atoms with van der Waals surface area (Å²) in [7, 11) is -3.88. The van der Waals surface area contributed by atoms with E-state index >= 15 is 0 Å². The average Bonchev–Trinajstić information content (AvgIpc) is 3.15. The summed E-state index contributed by atoms with van der Waals surface area (Å²) >= 11 is 1.14. The molecule has 0 saturated carbocycles. The molecule has 168 valence electrons. The monoisotopic (exact) mass is 478 g/mol. The second-order valence-corrected chi connectivity index (χ2v) is 9.96. The van der Waals surface area contributed by atoms with Crippen LogP contribution in [-0.2, 0) is 19.6 Å². The Morgan fingerprint density at radius 1 is 1.12 bits per heavy atom. The Labute approximate surface area is 187 Å². The van der Waals surface area contributed by atoms with E-state index in [0.29, 0.717) is 15.9 Å². The van der Waals surface area contributed by atoms with Crippen molar-refractivity contribution in [1.29, 1.82) is 0 Å². The predicted molar refractivity (Wildman–Crippen MR) is 118 cm³/mol. The molecule has 0 spiro atoms. The van der Waals surface area contributed by atoms with Gasteiger partial charge in [-0.05, 0) is 36.4 Å². The molecule has 1 aromatic heterocycles. The molecule has 0 bridgehead atoms. The van der Waals surface area contributed by atoms with E-state index in [2.05, 4.69) is 15.6 Å². The number of ether oxygens (including phenoxy) is 1. The lowest BCUT2D eigenvalue weighted by molar-refractivity contribution is -0.114. The Morgan fingerprint density at radius 3 is 2.59 bits per heavy atom. The van der Waals surface area contributed by atoms with Crippen molar-refractivity contribution < 1.29 is 27.1 Å². The van der Waals surface area contributed by atoms with E-state index in [0.717, 1.165) is 29.5 Å². The first-order valence-corrected chi connectivity index (χ1v) is 11.9. The summed E-state index contributed by atoms with van der Waals surface area (Å²) in [5.41, 5.74) is 0.764. The van der Waals surface area contributed by atoms with Crippen LogP contribution in [0.15, 0.2) is 41.3 Å². The number of fused-ring (bicyclic) bond motifs is 1. The van der Waals surface area contributed by atoms with Crippen LogP contribution in [0.1, 0.15) is 17.3 Å². The molecule has 1 fully saturated rings. The van der Waals surface area contributed by atoms with Gasteiger partial charge in [0.25, 0.3) is 5.91 Å². The minimum absolute atomic E-state index is 0.171. The van der Waals surface area contributed by atoms with Gasteiger partial charge in [-0.2, -0.15) is 4.31 Å². The van der Waals surface area contributed by atoms with Crippen LogP contribution in [0.5, 0.6) is 0 Å². The first kappa shape index (κ1) is 22.3. The van der Waals surface area contributed by atoms with Crippen molar-refractivity contribution in [1.82, 2.24) is 9.29 Å². The summed E-state index contributed by atoms with van der Waals surface area (Å²) in [6.45, 7) is 2.31. The fraction of sp³-hybridized carbons (Fsp3) is 0.250. The Kier molecular flexibility index (Phi) is 6.20. The predicted octanol–water partition coefficient (Wildman–Crippen LogP) is 2.67. The third-order valence-corrected chi connectivity index (χ3v) is 7.55. The van der Waals surface area contributed by atoms with Gasteiger partial charge in [0.2, 0.25) is 15.9 Å².